The Balaban J connectivity index is 3.29. The number of rotatable bonds is 4. The number of Topliss-reactive ketones (excluding diaryl/α,β-unsaturated/α-hetero) is 1. The van der Waals surface area contributed by atoms with Gasteiger partial charge in [-0.05, 0) is 32.4 Å². The normalized spacial score (nSPS) is 11.3. The van der Waals surface area contributed by atoms with E-state index in [4.69, 9.17) is 0 Å². The Kier molecular flexibility index (Phi) is 4.43. The molecule has 0 atom stereocenters. The fourth-order valence-corrected chi connectivity index (χ4v) is 1.70. The Morgan fingerprint density at radius 2 is 2.00 bits per heavy atom. The zero-order valence-corrected chi connectivity index (χ0v) is 11.7. The van der Waals surface area contributed by atoms with Gasteiger partial charge in [0.2, 0.25) is 5.78 Å². The Morgan fingerprint density at radius 1 is 1.39 bits per heavy atom. The molecule has 0 fully saturated rings. The van der Waals surface area contributed by atoms with Gasteiger partial charge in [-0.3, -0.25) is 4.79 Å². The van der Waals surface area contributed by atoms with Crippen molar-refractivity contribution in [1.29, 1.82) is 0 Å². The Bertz CT molecular complexity index is 513. The Hall–Kier alpha value is -1.90. The van der Waals surface area contributed by atoms with Gasteiger partial charge in [-0.25, -0.2) is 4.98 Å². The minimum atomic E-state index is -0.0540. The number of carbonyl (C=O) groups excluding carboxylic acids is 1. The second-order valence-corrected chi connectivity index (χ2v) is 4.64. The van der Waals surface area contributed by atoms with Gasteiger partial charge in [0.25, 0.3) is 0 Å². The van der Waals surface area contributed by atoms with Gasteiger partial charge in [0.1, 0.15) is 5.69 Å². The van der Waals surface area contributed by atoms with E-state index in [1.807, 2.05) is 38.9 Å². The van der Waals surface area contributed by atoms with E-state index in [-0.39, 0.29) is 5.78 Å². The van der Waals surface area contributed by atoms with Gasteiger partial charge in [-0.15, -0.1) is 0 Å². The maximum Gasteiger partial charge on any atom is 0.209 e. The van der Waals surface area contributed by atoms with Crippen molar-refractivity contribution in [2.75, 3.05) is 14.1 Å². The van der Waals surface area contributed by atoms with Crippen LogP contribution >= 0.6 is 0 Å². The number of nitrogens with zero attached hydrogens (tertiary/aromatic N) is 2. The molecule has 0 bridgehead atoms. The molecule has 3 heteroatoms. The van der Waals surface area contributed by atoms with Crippen LogP contribution in [0.1, 0.15) is 34.2 Å². The third-order valence-electron chi connectivity index (χ3n) is 2.74. The highest BCUT2D eigenvalue weighted by Crippen LogP contribution is 2.17. The molecule has 0 aromatic carbocycles. The second kappa shape index (κ2) is 5.63. The Labute approximate surface area is 109 Å². The zero-order chi connectivity index (χ0) is 13.9. The molecule has 0 saturated carbocycles. The van der Waals surface area contributed by atoms with Gasteiger partial charge in [-0.2, -0.15) is 0 Å². The summed E-state index contributed by atoms with van der Waals surface area (Å²) in [7, 11) is 3.78. The number of aryl methyl sites for hydroxylation is 2. The van der Waals surface area contributed by atoms with E-state index < -0.39 is 0 Å². The molecule has 0 aliphatic carbocycles. The summed E-state index contributed by atoms with van der Waals surface area (Å²) in [4.78, 5) is 18.6. The van der Waals surface area contributed by atoms with E-state index in [9.17, 15) is 4.79 Å². The van der Waals surface area contributed by atoms with E-state index in [0.29, 0.717) is 11.3 Å². The molecular weight excluding hydrogens is 224 g/mol. The smallest absolute Gasteiger partial charge is 0.209 e. The fourth-order valence-electron chi connectivity index (χ4n) is 1.70. The molecule has 0 N–H and O–H groups in total. The van der Waals surface area contributed by atoms with Crippen LogP contribution in [-0.4, -0.2) is 29.8 Å². The van der Waals surface area contributed by atoms with Gasteiger partial charge >= 0.3 is 0 Å². The van der Waals surface area contributed by atoms with Gasteiger partial charge in [0, 0.05) is 37.1 Å². The topological polar surface area (TPSA) is 33.2 Å². The summed E-state index contributed by atoms with van der Waals surface area (Å²) in [5.41, 5.74) is 3.87. The second-order valence-electron chi connectivity index (χ2n) is 4.64. The number of aromatic nitrogens is 1. The number of hydrogen-bond acceptors (Lipinski definition) is 3. The molecule has 0 saturated heterocycles. The fraction of sp³-hybridized carbons (Fsp3) is 0.333. The van der Waals surface area contributed by atoms with Crippen LogP contribution in [-0.2, 0) is 0 Å². The number of hydrogen-bond donors (Lipinski definition) is 0. The van der Waals surface area contributed by atoms with E-state index in [2.05, 4.69) is 11.6 Å². The number of allylic oxidation sites excluding steroid dienone is 1. The molecule has 0 amide bonds. The number of pyridine rings is 1. The SMILES string of the molecule is C=Cc1cc(C)c(C)nc1C(=O)/C(C)=C/N(C)C. The first-order chi connectivity index (χ1) is 8.36. The largest absolute Gasteiger partial charge is 0.383 e. The number of carbonyl (C=O) groups is 1. The summed E-state index contributed by atoms with van der Waals surface area (Å²) in [6, 6.07) is 1.95. The molecular formula is C15H20N2O. The predicted molar refractivity (Wildman–Crippen MR) is 75.6 cm³/mol. The van der Waals surface area contributed by atoms with Crippen molar-refractivity contribution < 1.29 is 4.79 Å². The average molecular weight is 244 g/mol. The summed E-state index contributed by atoms with van der Waals surface area (Å²) < 4.78 is 0. The maximum absolute atomic E-state index is 12.3. The zero-order valence-electron chi connectivity index (χ0n) is 11.7. The van der Waals surface area contributed by atoms with Crippen molar-refractivity contribution >= 4 is 11.9 Å². The van der Waals surface area contributed by atoms with E-state index in [1.165, 1.54) is 0 Å². The van der Waals surface area contributed by atoms with Crippen molar-refractivity contribution in [3.63, 3.8) is 0 Å². The minimum absolute atomic E-state index is 0.0540. The molecule has 0 spiro atoms. The molecule has 1 rings (SSSR count). The van der Waals surface area contributed by atoms with Crippen molar-refractivity contribution in [3.8, 4) is 0 Å². The molecule has 18 heavy (non-hydrogen) atoms. The lowest BCUT2D eigenvalue weighted by Crippen LogP contribution is -2.11. The highest BCUT2D eigenvalue weighted by molar-refractivity contribution is 6.09. The highest BCUT2D eigenvalue weighted by atomic mass is 16.1. The standard InChI is InChI=1S/C15H20N2O/c1-7-13-8-10(2)12(4)16-14(13)15(18)11(3)9-17(5)6/h7-9H,1H2,2-6H3/b11-9+. The molecule has 0 aliphatic heterocycles. The lowest BCUT2D eigenvalue weighted by Gasteiger charge is -2.10. The average Bonchev–Trinajstić information content (AvgIpc) is 2.30. The van der Waals surface area contributed by atoms with Crippen LogP contribution < -0.4 is 0 Å². The monoisotopic (exact) mass is 244 g/mol. The first kappa shape index (κ1) is 14.2. The summed E-state index contributed by atoms with van der Waals surface area (Å²) in [5.74, 6) is -0.0540. The van der Waals surface area contributed by atoms with Crippen LogP contribution in [0.2, 0.25) is 0 Å². The van der Waals surface area contributed by atoms with Crippen LogP contribution in [0, 0.1) is 13.8 Å². The predicted octanol–water partition coefficient (Wildman–Crippen LogP) is 2.99. The molecule has 0 unspecified atom stereocenters. The van der Waals surface area contributed by atoms with Gasteiger partial charge < -0.3 is 4.90 Å². The molecule has 3 nitrogen and oxygen atoms in total. The van der Waals surface area contributed by atoms with Gasteiger partial charge in [0.15, 0.2) is 0 Å². The van der Waals surface area contributed by atoms with Gasteiger partial charge in [-0.1, -0.05) is 12.7 Å². The molecule has 1 aromatic heterocycles. The highest BCUT2D eigenvalue weighted by Gasteiger charge is 2.15. The molecule has 0 radical (unpaired) electrons. The maximum atomic E-state index is 12.3. The Morgan fingerprint density at radius 3 is 2.50 bits per heavy atom. The molecule has 96 valence electrons. The lowest BCUT2D eigenvalue weighted by molar-refractivity contribution is 0.102. The van der Waals surface area contributed by atoms with Crippen molar-refractivity contribution in [3.05, 3.63) is 46.9 Å². The van der Waals surface area contributed by atoms with Crippen LogP contribution in [0.15, 0.2) is 24.4 Å². The van der Waals surface area contributed by atoms with E-state index in [1.54, 1.807) is 19.2 Å². The van der Waals surface area contributed by atoms with E-state index >= 15 is 0 Å². The van der Waals surface area contributed by atoms with Crippen LogP contribution in [0.25, 0.3) is 6.08 Å². The summed E-state index contributed by atoms with van der Waals surface area (Å²) in [6.07, 6.45) is 3.47. The lowest BCUT2D eigenvalue weighted by atomic mass is 10.0. The van der Waals surface area contributed by atoms with Crippen molar-refractivity contribution in [1.82, 2.24) is 9.88 Å². The van der Waals surface area contributed by atoms with Crippen LogP contribution in [0.5, 0.6) is 0 Å². The quantitative estimate of drug-likeness (QED) is 0.603. The molecule has 0 aliphatic rings. The van der Waals surface area contributed by atoms with Crippen LogP contribution in [0.4, 0.5) is 0 Å². The van der Waals surface area contributed by atoms with Crippen molar-refractivity contribution in [2.45, 2.75) is 20.8 Å². The molecule has 1 heterocycles. The third kappa shape index (κ3) is 3.06. The van der Waals surface area contributed by atoms with Crippen LogP contribution in [0.3, 0.4) is 0 Å². The first-order valence-electron chi connectivity index (χ1n) is 5.87. The van der Waals surface area contributed by atoms with E-state index in [0.717, 1.165) is 16.8 Å². The summed E-state index contributed by atoms with van der Waals surface area (Å²) in [6.45, 7) is 9.43. The van der Waals surface area contributed by atoms with Gasteiger partial charge in [0.05, 0.1) is 0 Å². The third-order valence-corrected chi connectivity index (χ3v) is 2.74. The number of ketones is 1. The summed E-state index contributed by atoms with van der Waals surface area (Å²) >= 11 is 0. The summed E-state index contributed by atoms with van der Waals surface area (Å²) in [5, 5.41) is 0. The molecule has 1 aromatic rings. The minimum Gasteiger partial charge on any atom is -0.383 e. The first-order valence-corrected chi connectivity index (χ1v) is 5.87. The van der Waals surface area contributed by atoms with Crippen molar-refractivity contribution in [2.24, 2.45) is 0 Å².